The number of phenols is 1. The first-order valence-corrected chi connectivity index (χ1v) is 5.32. The fourth-order valence-corrected chi connectivity index (χ4v) is 1.75. The second-order valence-electron chi connectivity index (χ2n) is 4.23. The summed E-state index contributed by atoms with van der Waals surface area (Å²) >= 11 is 0. The molecule has 1 aliphatic rings. The highest BCUT2D eigenvalue weighted by Gasteiger charge is 2.29. The standard InChI is InChI=1S/C11H14N2O3/c1-7(8-2-3-8)12-10-5-4-9(14)6-11(10)13(15)16/h4-8,12,14H,2-3H2,1H3. The first-order chi connectivity index (χ1) is 7.58. The van der Waals surface area contributed by atoms with Gasteiger partial charge in [0.2, 0.25) is 0 Å². The van der Waals surface area contributed by atoms with E-state index in [0.29, 0.717) is 11.6 Å². The van der Waals surface area contributed by atoms with E-state index in [4.69, 9.17) is 0 Å². The van der Waals surface area contributed by atoms with Gasteiger partial charge in [-0.05, 0) is 37.8 Å². The quantitative estimate of drug-likeness (QED) is 0.466. The van der Waals surface area contributed by atoms with Crippen molar-refractivity contribution in [2.45, 2.75) is 25.8 Å². The number of anilines is 1. The number of nitro groups is 1. The third-order valence-corrected chi connectivity index (χ3v) is 2.89. The van der Waals surface area contributed by atoms with Crippen molar-refractivity contribution >= 4 is 11.4 Å². The smallest absolute Gasteiger partial charge is 0.296 e. The molecule has 0 spiro atoms. The fraction of sp³-hybridized carbons (Fsp3) is 0.455. The molecule has 2 N–H and O–H groups in total. The topological polar surface area (TPSA) is 75.4 Å². The van der Waals surface area contributed by atoms with E-state index in [1.165, 1.54) is 25.0 Å². The van der Waals surface area contributed by atoms with E-state index in [2.05, 4.69) is 5.32 Å². The van der Waals surface area contributed by atoms with Gasteiger partial charge in [0, 0.05) is 6.04 Å². The highest BCUT2D eigenvalue weighted by atomic mass is 16.6. The van der Waals surface area contributed by atoms with Crippen LogP contribution in [0.4, 0.5) is 11.4 Å². The van der Waals surface area contributed by atoms with Gasteiger partial charge >= 0.3 is 0 Å². The van der Waals surface area contributed by atoms with E-state index in [1.54, 1.807) is 6.07 Å². The highest BCUT2D eigenvalue weighted by molar-refractivity contribution is 5.64. The maximum atomic E-state index is 10.8. The van der Waals surface area contributed by atoms with Crippen LogP contribution in [0.1, 0.15) is 19.8 Å². The van der Waals surface area contributed by atoms with Crippen LogP contribution in [0, 0.1) is 16.0 Å². The predicted octanol–water partition coefficient (Wildman–Crippen LogP) is 2.51. The molecule has 1 aliphatic carbocycles. The Morgan fingerprint density at radius 1 is 1.56 bits per heavy atom. The van der Waals surface area contributed by atoms with Crippen molar-refractivity contribution in [2.24, 2.45) is 5.92 Å². The number of nitro benzene ring substituents is 1. The Morgan fingerprint density at radius 2 is 2.25 bits per heavy atom. The number of phenolic OH excluding ortho intramolecular Hbond substituents is 1. The largest absolute Gasteiger partial charge is 0.508 e. The number of benzene rings is 1. The monoisotopic (exact) mass is 222 g/mol. The summed E-state index contributed by atoms with van der Waals surface area (Å²) < 4.78 is 0. The van der Waals surface area contributed by atoms with Crippen LogP contribution in [0.15, 0.2) is 18.2 Å². The molecule has 1 saturated carbocycles. The number of hydrogen-bond donors (Lipinski definition) is 2. The van der Waals surface area contributed by atoms with Crippen LogP contribution in [0.25, 0.3) is 0 Å². The van der Waals surface area contributed by atoms with E-state index in [-0.39, 0.29) is 17.5 Å². The van der Waals surface area contributed by atoms with Gasteiger partial charge in [-0.2, -0.15) is 0 Å². The lowest BCUT2D eigenvalue weighted by Gasteiger charge is -2.14. The molecule has 5 heteroatoms. The number of aromatic hydroxyl groups is 1. The number of hydrogen-bond acceptors (Lipinski definition) is 4. The zero-order valence-electron chi connectivity index (χ0n) is 9.01. The SMILES string of the molecule is CC(Nc1ccc(O)cc1[N+](=O)[O-])C1CC1. The zero-order chi connectivity index (χ0) is 11.7. The van der Waals surface area contributed by atoms with Crippen LogP contribution in [0.5, 0.6) is 5.75 Å². The molecule has 0 heterocycles. The van der Waals surface area contributed by atoms with E-state index < -0.39 is 4.92 Å². The molecule has 5 nitrogen and oxygen atoms in total. The van der Waals surface area contributed by atoms with Crippen LogP contribution in [-0.4, -0.2) is 16.1 Å². The van der Waals surface area contributed by atoms with Gasteiger partial charge in [-0.3, -0.25) is 10.1 Å². The molecule has 16 heavy (non-hydrogen) atoms. The van der Waals surface area contributed by atoms with Gasteiger partial charge in [0.1, 0.15) is 11.4 Å². The first kappa shape index (κ1) is 10.7. The second-order valence-corrected chi connectivity index (χ2v) is 4.23. The van der Waals surface area contributed by atoms with Crippen LogP contribution in [0.3, 0.4) is 0 Å². The van der Waals surface area contributed by atoms with Crippen molar-refractivity contribution in [2.75, 3.05) is 5.32 Å². The molecule has 1 aromatic rings. The summed E-state index contributed by atoms with van der Waals surface area (Å²) in [6.07, 6.45) is 2.36. The number of rotatable bonds is 4. The van der Waals surface area contributed by atoms with Crippen molar-refractivity contribution in [1.29, 1.82) is 0 Å². The fourth-order valence-electron chi connectivity index (χ4n) is 1.75. The van der Waals surface area contributed by atoms with Gasteiger partial charge in [-0.15, -0.1) is 0 Å². The Hall–Kier alpha value is -1.78. The molecule has 0 aliphatic heterocycles. The molecular formula is C11H14N2O3. The summed E-state index contributed by atoms with van der Waals surface area (Å²) in [5.41, 5.74) is 0.398. The lowest BCUT2D eigenvalue weighted by molar-refractivity contribution is -0.384. The van der Waals surface area contributed by atoms with Crippen molar-refractivity contribution in [1.82, 2.24) is 0 Å². The van der Waals surface area contributed by atoms with E-state index in [9.17, 15) is 15.2 Å². The van der Waals surface area contributed by atoms with Crippen LogP contribution in [0.2, 0.25) is 0 Å². The Kier molecular flexibility index (Phi) is 2.68. The summed E-state index contributed by atoms with van der Waals surface area (Å²) in [5, 5.41) is 23.1. The number of nitrogens with zero attached hydrogens (tertiary/aromatic N) is 1. The minimum Gasteiger partial charge on any atom is -0.508 e. The van der Waals surface area contributed by atoms with Gasteiger partial charge in [0.25, 0.3) is 5.69 Å². The van der Waals surface area contributed by atoms with Gasteiger partial charge in [0.15, 0.2) is 0 Å². The van der Waals surface area contributed by atoms with E-state index >= 15 is 0 Å². The molecule has 0 amide bonds. The Morgan fingerprint density at radius 3 is 2.81 bits per heavy atom. The third-order valence-electron chi connectivity index (χ3n) is 2.89. The molecule has 0 aromatic heterocycles. The molecule has 1 unspecified atom stereocenters. The van der Waals surface area contributed by atoms with Crippen molar-refractivity contribution in [3.05, 3.63) is 28.3 Å². The first-order valence-electron chi connectivity index (χ1n) is 5.32. The summed E-state index contributed by atoms with van der Waals surface area (Å²) in [6, 6.07) is 4.41. The highest BCUT2D eigenvalue weighted by Crippen LogP contribution is 2.36. The summed E-state index contributed by atoms with van der Waals surface area (Å²) in [5.74, 6) is 0.532. The Balaban J connectivity index is 2.21. The molecule has 1 fully saturated rings. The van der Waals surface area contributed by atoms with E-state index in [0.717, 1.165) is 0 Å². The van der Waals surface area contributed by atoms with E-state index in [1.807, 2.05) is 6.92 Å². The van der Waals surface area contributed by atoms with Crippen LogP contribution >= 0.6 is 0 Å². The van der Waals surface area contributed by atoms with Gasteiger partial charge in [-0.1, -0.05) is 0 Å². The van der Waals surface area contributed by atoms with Gasteiger partial charge < -0.3 is 10.4 Å². The number of nitrogens with one attached hydrogen (secondary N) is 1. The van der Waals surface area contributed by atoms with Crippen molar-refractivity contribution in [3.63, 3.8) is 0 Å². The molecular weight excluding hydrogens is 208 g/mol. The third kappa shape index (κ3) is 2.24. The Labute approximate surface area is 93.2 Å². The lowest BCUT2D eigenvalue weighted by atomic mass is 10.2. The molecule has 1 aromatic carbocycles. The Bertz CT molecular complexity index is 416. The molecule has 0 bridgehead atoms. The predicted molar refractivity (Wildman–Crippen MR) is 60.6 cm³/mol. The summed E-state index contributed by atoms with van der Waals surface area (Å²) in [7, 11) is 0. The van der Waals surface area contributed by atoms with Crippen molar-refractivity contribution < 1.29 is 10.0 Å². The molecule has 0 saturated heterocycles. The maximum absolute atomic E-state index is 10.8. The molecule has 1 atom stereocenters. The van der Waals surface area contributed by atoms with Crippen molar-refractivity contribution in [3.8, 4) is 5.75 Å². The minimum absolute atomic E-state index is 0.0764. The van der Waals surface area contributed by atoms with Crippen LogP contribution < -0.4 is 5.32 Å². The average Bonchev–Trinajstić information content (AvgIpc) is 3.03. The average molecular weight is 222 g/mol. The van der Waals surface area contributed by atoms with Crippen LogP contribution in [-0.2, 0) is 0 Å². The molecule has 2 rings (SSSR count). The normalized spacial score (nSPS) is 16.8. The second kappa shape index (κ2) is 4.00. The van der Waals surface area contributed by atoms with Gasteiger partial charge in [-0.25, -0.2) is 0 Å². The lowest BCUT2D eigenvalue weighted by Crippen LogP contribution is -2.17. The summed E-state index contributed by atoms with van der Waals surface area (Å²) in [4.78, 5) is 10.3. The minimum atomic E-state index is -0.484. The van der Waals surface area contributed by atoms with Gasteiger partial charge in [0.05, 0.1) is 11.0 Å². The summed E-state index contributed by atoms with van der Waals surface area (Å²) in [6.45, 7) is 2.02. The molecule has 0 radical (unpaired) electrons. The zero-order valence-corrected chi connectivity index (χ0v) is 9.01. The maximum Gasteiger partial charge on any atom is 0.296 e. The molecule has 86 valence electrons.